The lowest BCUT2D eigenvalue weighted by molar-refractivity contribution is -0.112. The summed E-state index contributed by atoms with van der Waals surface area (Å²) in [6.07, 6.45) is 4.83. The Labute approximate surface area is 84.9 Å². The largest absolute Gasteiger partial charge is 0.295 e. The van der Waals surface area contributed by atoms with Crippen molar-refractivity contribution in [2.24, 2.45) is 0 Å². The summed E-state index contributed by atoms with van der Waals surface area (Å²) in [6, 6.07) is 1.76. The van der Waals surface area contributed by atoms with Gasteiger partial charge in [-0.05, 0) is 32.1 Å². The summed E-state index contributed by atoms with van der Waals surface area (Å²) in [7, 11) is 0. The third-order valence-corrected chi connectivity index (χ3v) is 1.29. The van der Waals surface area contributed by atoms with Gasteiger partial charge in [0.05, 0.1) is 5.69 Å². The zero-order valence-corrected chi connectivity index (χ0v) is 9.11. The third kappa shape index (κ3) is 5.19. The standard InChI is InChI=1S/C9H10N2O.C2H6/c1-7(12)3-4-9-5-6-10-8(2)11-9;1-2/h3-6H,1-2H3;1-2H3/b4-3+;. The number of rotatable bonds is 2. The van der Waals surface area contributed by atoms with Crippen LogP contribution in [0.1, 0.15) is 32.3 Å². The lowest BCUT2D eigenvalue weighted by Crippen LogP contribution is -1.89. The van der Waals surface area contributed by atoms with E-state index in [1.165, 1.54) is 13.0 Å². The van der Waals surface area contributed by atoms with Crippen molar-refractivity contribution in [3.8, 4) is 0 Å². The molecule has 0 aliphatic carbocycles. The van der Waals surface area contributed by atoms with Crippen LogP contribution >= 0.6 is 0 Å². The van der Waals surface area contributed by atoms with Crippen molar-refractivity contribution in [2.75, 3.05) is 0 Å². The van der Waals surface area contributed by atoms with Crippen molar-refractivity contribution >= 4 is 11.9 Å². The van der Waals surface area contributed by atoms with E-state index in [0.29, 0.717) is 5.82 Å². The van der Waals surface area contributed by atoms with Gasteiger partial charge in [0.1, 0.15) is 5.82 Å². The van der Waals surface area contributed by atoms with Crippen LogP contribution in [0.2, 0.25) is 0 Å². The zero-order valence-electron chi connectivity index (χ0n) is 9.11. The first-order valence-electron chi connectivity index (χ1n) is 4.67. The fourth-order valence-corrected chi connectivity index (χ4v) is 0.770. The molecule has 1 aromatic heterocycles. The predicted molar refractivity (Wildman–Crippen MR) is 57.8 cm³/mol. The lowest BCUT2D eigenvalue weighted by Gasteiger charge is -1.92. The van der Waals surface area contributed by atoms with Crippen molar-refractivity contribution < 1.29 is 4.79 Å². The van der Waals surface area contributed by atoms with Crippen molar-refractivity contribution in [2.45, 2.75) is 27.7 Å². The van der Waals surface area contributed by atoms with E-state index in [-0.39, 0.29) is 5.78 Å². The summed E-state index contributed by atoms with van der Waals surface area (Å²) in [6.45, 7) is 7.32. The molecule has 0 aliphatic rings. The molecule has 0 saturated carbocycles. The Balaban J connectivity index is 0.000000791. The van der Waals surface area contributed by atoms with Gasteiger partial charge in [-0.3, -0.25) is 4.79 Å². The van der Waals surface area contributed by atoms with Gasteiger partial charge in [-0.15, -0.1) is 0 Å². The minimum absolute atomic E-state index is 0.0197. The molecule has 1 rings (SSSR count). The minimum Gasteiger partial charge on any atom is -0.295 e. The fraction of sp³-hybridized carbons (Fsp3) is 0.364. The summed E-state index contributed by atoms with van der Waals surface area (Å²) in [4.78, 5) is 18.6. The van der Waals surface area contributed by atoms with Crippen LogP contribution in [0.4, 0.5) is 0 Å². The number of hydrogen-bond donors (Lipinski definition) is 0. The highest BCUT2D eigenvalue weighted by Gasteiger charge is 1.89. The van der Waals surface area contributed by atoms with E-state index in [9.17, 15) is 4.79 Å². The van der Waals surface area contributed by atoms with Crippen LogP contribution in [0.5, 0.6) is 0 Å². The molecule has 3 nitrogen and oxygen atoms in total. The van der Waals surface area contributed by atoms with Crippen LogP contribution in [0, 0.1) is 6.92 Å². The molecule has 14 heavy (non-hydrogen) atoms. The van der Waals surface area contributed by atoms with Gasteiger partial charge in [0.2, 0.25) is 0 Å². The SMILES string of the molecule is CC.CC(=O)/C=C/c1ccnc(C)n1. The molecule has 0 unspecified atom stereocenters. The molecule has 0 spiro atoms. The number of carbonyl (C=O) groups excluding carboxylic acids is 1. The number of carbonyl (C=O) groups is 1. The average Bonchev–Trinajstić information content (AvgIpc) is 2.18. The number of allylic oxidation sites excluding steroid dienone is 1. The third-order valence-electron chi connectivity index (χ3n) is 1.29. The molecule has 0 amide bonds. The monoisotopic (exact) mass is 192 g/mol. The Bertz CT molecular complexity index is 319. The maximum atomic E-state index is 10.6. The smallest absolute Gasteiger partial charge is 0.152 e. The van der Waals surface area contributed by atoms with Crippen LogP contribution in [0.15, 0.2) is 18.3 Å². The maximum Gasteiger partial charge on any atom is 0.152 e. The Kier molecular flexibility index (Phi) is 6.20. The minimum atomic E-state index is 0.0197. The van der Waals surface area contributed by atoms with E-state index >= 15 is 0 Å². The van der Waals surface area contributed by atoms with Crippen LogP contribution in [0.25, 0.3) is 6.08 Å². The summed E-state index contributed by atoms with van der Waals surface area (Å²) < 4.78 is 0. The first kappa shape index (κ1) is 12.5. The van der Waals surface area contributed by atoms with Gasteiger partial charge in [-0.25, -0.2) is 9.97 Å². The van der Waals surface area contributed by atoms with Crippen molar-refractivity contribution in [1.29, 1.82) is 0 Å². The maximum absolute atomic E-state index is 10.6. The molecule has 0 N–H and O–H groups in total. The molecule has 0 bridgehead atoms. The Morgan fingerprint density at radius 2 is 2.07 bits per heavy atom. The Morgan fingerprint density at radius 1 is 1.43 bits per heavy atom. The number of hydrogen-bond acceptors (Lipinski definition) is 3. The molecular weight excluding hydrogens is 176 g/mol. The highest BCUT2D eigenvalue weighted by Crippen LogP contribution is 1.97. The average molecular weight is 192 g/mol. The Morgan fingerprint density at radius 3 is 2.57 bits per heavy atom. The molecule has 1 heterocycles. The second-order valence-electron chi connectivity index (χ2n) is 2.47. The molecule has 0 aliphatic heterocycles. The van der Waals surface area contributed by atoms with Gasteiger partial charge in [0.15, 0.2) is 5.78 Å². The van der Waals surface area contributed by atoms with Crippen molar-refractivity contribution in [3.05, 3.63) is 29.9 Å². The number of ketones is 1. The van der Waals surface area contributed by atoms with E-state index in [2.05, 4.69) is 9.97 Å². The summed E-state index contributed by atoms with van der Waals surface area (Å²) >= 11 is 0. The van der Waals surface area contributed by atoms with Crippen molar-refractivity contribution in [1.82, 2.24) is 9.97 Å². The molecular formula is C11H16N2O. The number of nitrogens with zero attached hydrogens (tertiary/aromatic N) is 2. The van der Waals surface area contributed by atoms with Gasteiger partial charge in [0, 0.05) is 6.20 Å². The summed E-state index contributed by atoms with van der Waals surface area (Å²) in [5.41, 5.74) is 0.762. The summed E-state index contributed by atoms with van der Waals surface area (Å²) in [5, 5.41) is 0. The molecule has 0 fully saturated rings. The molecule has 0 saturated heterocycles. The Hall–Kier alpha value is -1.51. The van der Waals surface area contributed by atoms with Crippen LogP contribution < -0.4 is 0 Å². The molecule has 1 aromatic rings. The summed E-state index contributed by atoms with van der Waals surface area (Å²) in [5.74, 6) is 0.729. The topological polar surface area (TPSA) is 42.9 Å². The first-order valence-corrected chi connectivity index (χ1v) is 4.67. The highest BCUT2D eigenvalue weighted by atomic mass is 16.1. The van der Waals surface area contributed by atoms with Crippen LogP contribution in [-0.2, 0) is 4.79 Å². The number of aromatic nitrogens is 2. The second-order valence-corrected chi connectivity index (χ2v) is 2.47. The zero-order chi connectivity index (χ0) is 11.0. The van der Waals surface area contributed by atoms with E-state index in [4.69, 9.17) is 0 Å². The molecule has 0 aromatic carbocycles. The first-order chi connectivity index (χ1) is 6.68. The van der Waals surface area contributed by atoms with Crippen molar-refractivity contribution in [3.63, 3.8) is 0 Å². The second kappa shape index (κ2) is 6.95. The van der Waals surface area contributed by atoms with E-state index in [0.717, 1.165) is 5.69 Å². The lowest BCUT2D eigenvalue weighted by atomic mass is 10.3. The van der Waals surface area contributed by atoms with Gasteiger partial charge >= 0.3 is 0 Å². The van der Waals surface area contributed by atoms with Gasteiger partial charge in [-0.2, -0.15) is 0 Å². The normalized spacial score (nSPS) is 9.43. The van der Waals surface area contributed by atoms with Crippen LogP contribution in [-0.4, -0.2) is 15.8 Å². The fourth-order valence-electron chi connectivity index (χ4n) is 0.770. The van der Waals surface area contributed by atoms with Gasteiger partial charge in [-0.1, -0.05) is 13.8 Å². The van der Waals surface area contributed by atoms with E-state index < -0.39 is 0 Å². The molecule has 0 radical (unpaired) electrons. The van der Waals surface area contributed by atoms with Crippen LogP contribution in [0.3, 0.4) is 0 Å². The predicted octanol–water partition coefficient (Wildman–Crippen LogP) is 2.41. The van der Waals surface area contributed by atoms with Gasteiger partial charge in [0.25, 0.3) is 0 Å². The highest BCUT2D eigenvalue weighted by molar-refractivity contribution is 5.91. The quantitative estimate of drug-likeness (QED) is 0.676. The number of aryl methyl sites for hydroxylation is 1. The van der Waals surface area contributed by atoms with E-state index in [1.54, 1.807) is 18.3 Å². The molecule has 0 atom stereocenters. The van der Waals surface area contributed by atoms with E-state index in [1.807, 2.05) is 20.8 Å². The molecule has 3 heteroatoms. The molecule has 76 valence electrons. The van der Waals surface area contributed by atoms with Gasteiger partial charge < -0.3 is 0 Å².